The first-order chi connectivity index (χ1) is 9.95. The van der Waals surface area contributed by atoms with Crippen molar-refractivity contribution in [1.29, 1.82) is 0 Å². The molecule has 21 heavy (non-hydrogen) atoms. The second kappa shape index (κ2) is 7.42. The lowest BCUT2D eigenvalue weighted by Crippen LogP contribution is -2.01. The Morgan fingerprint density at radius 1 is 1.00 bits per heavy atom. The molecule has 0 heterocycles. The predicted molar refractivity (Wildman–Crippen MR) is 91.7 cm³/mol. The highest BCUT2D eigenvalue weighted by atomic mass is 79.9. The zero-order valence-corrected chi connectivity index (χ0v) is 15.5. The third kappa shape index (κ3) is 4.83. The van der Waals surface area contributed by atoms with E-state index in [2.05, 4.69) is 47.8 Å². The van der Waals surface area contributed by atoms with Crippen LogP contribution in [-0.2, 0) is 17.8 Å². The summed E-state index contributed by atoms with van der Waals surface area (Å²) < 4.78 is 8.46. The predicted octanol–water partition coefficient (Wildman–Crippen LogP) is 5.18. The van der Waals surface area contributed by atoms with Crippen molar-refractivity contribution in [1.82, 2.24) is 0 Å². The van der Waals surface area contributed by atoms with Crippen molar-refractivity contribution in [3.05, 3.63) is 60.9 Å². The van der Waals surface area contributed by atoms with Crippen molar-refractivity contribution in [2.45, 2.75) is 13.0 Å². The highest BCUT2D eigenvalue weighted by Crippen LogP contribution is 2.36. The number of benzene rings is 2. The summed E-state index contributed by atoms with van der Waals surface area (Å²) >= 11 is 10.3. The maximum atomic E-state index is 10.6. The van der Waals surface area contributed by atoms with Crippen LogP contribution in [0.15, 0.2) is 49.8 Å². The van der Waals surface area contributed by atoms with E-state index in [9.17, 15) is 4.79 Å². The van der Waals surface area contributed by atoms with Crippen molar-refractivity contribution in [3.63, 3.8) is 0 Å². The highest BCUT2D eigenvalue weighted by molar-refractivity contribution is 9.11. The fourth-order valence-corrected chi connectivity index (χ4v) is 4.24. The molecular weight excluding hydrogens is 468 g/mol. The van der Waals surface area contributed by atoms with E-state index >= 15 is 0 Å². The fourth-order valence-electron chi connectivity index (χ4n) is 1.75. The molecule has 0 saturated carbocycles. The summed E-state index contributed by atoms with van der Waals surface area (Å²) in [5, 5.41) is 8.73. The first-order valence-corrected chi connectivity index (χ1v) is 8.40. The normalized spacial score (nSPS) is 10.4. The van der Waals surface area contributed by atoms with E-state index in [1.807, 2.05) is 24.3 Å². The number of halogens is 3. The van der Waals surface area contributed by atoms with Crippen LogP contribution in [0.1, 0.15) is 11.1 Å². The van der Waals surface area contributed by atoms with Gasteiger partial charge in [0.2, 0.25) is 0 Å². The van der Waals surface area contributed by atoms with E-state index in [0.717, 1.165) is 30.3 Å². The molecule has 1 N–H and O–H groups in total. The molecule has 0 aromatic heterocycles. The summed E-state index contributed by atoms with van der Waals surface area (Å²) in [7, 11) is 0. The molecule has 0 aliphatic heterocycles. The van der Waals surface area contributed by atoms with Gasteiger partial charge in [-0.05, 0) is 55.1 Å². The van der Waals surface area contributed by atoms with Gasteiger partial charge in [-0.25, -0.2) is 0 Å². The van der Waals surface area contributed by atoms with Gasteiger partial charge in [0.05, 0.1) is 15.4 Å². The number of hydrogen-bond donors (Lipinski definition) is 1. The fraction of sp³-hybridized carbons (Fsp3) is 0.133. The Bertz CT molecular complexity index is 631. The molecule has 0 unspecified atom stereocenters. The van der Waals surface area contributed by atoms with Crippen molar-refractivity contribution < 1.29 is 14.6 Å². The second-order valence-electron chi connectivity index (χ2n) is 4.37. The lowest BCUT2D eigenvalue weighted by molar-refractivity contribution is -0.136. The Labute approximate surface area is 147 Å². The molecule has 0 spiro atoms. The quantitative estimate of drug-likeness (QED) is 0.644. The molecule has 0 bridgehead atoms. The van der Waals surface area contributed by atoms with Crippen LogP contribution in [0.3, 0.4) is 0 Å². The lowest BCUT2D eigenvalue weighted by atomic mass is 10.1. The van der Waals surface area contributed by atoms with Crippen molar-refractivity contribution in [2.75, 3.05) is 0 Å². The first-order valence-electron chi connectivity index (χ1n) is 6.02. The van der Waals surface area contributed by atoms with Crippen LogP contribution in [-0.4, -0.2) is 11.1 Å². The molecule has 0 aliphatic carbocycles. The maximum absolute atomic E-state index is 10.6. The number of ether oxygens (including phenoxy) is 1. The van der Waals surface area contributed by atoms with Crippen LogP contribution in [0.4, 0.5) is 0 Å². The molecule has 0 atom stereocenters. The van der Waals surface area contributed by atoms with Gasteiger partial charge in [0, 0.05) is 4.47 Å². The number of rotatable bonds is 5. The van der Waals surface area contributed by atoms with Crippen molar-refractivity contribution in [2.24, 2.45) is 0 Å². The SMILES string of the molecule is O=C(O)Cc1ccc(COc2c(Br)cc(Br)cc2Br)cc1. The summed E-state index contributed by atoms with van der Waals surface area (Å²) in [4.78, 5) is 10.6. The first kappa shape index (κ1) is 16.5. The van der Waals surface area contributed by atoms with Crippen LogP contribution in [0.5, 0.6) is 5.75 Å². The van der Waals surface area contributed by atoms with Crippen LogP contribution in [0.25, 0.3) is 0 Å². The molecule has 6 heteroatoms. The van der Waals surface area contributed by atoms with Crippen molar-refractivity contribution in [3.8, 4) is 5.75 Å². The summed E-state index contributed by atoms with van der Waals surface area (Å²) in [6, 6.07) is 11.2. The molecule has 0 amide bonds. The van der Waals surface area contributed by atoms with Crippen LogP contribution < -0.4 is 4.74 Å². The van der Waals surface area contributed by atoms with E-state index in [1.54, 1.807) is 12.1 Å². The second-order valence-corrected chi connectivity index (χ2v) is 7.00. The van der Waals surface area contributed by atoms with E-state index in [1.165, 1.54) is 0 Å². The molecule has 3 nitrogen and oxygen atoms in total. The van der Waals surface area contributed by atoms with Gasteiger partial charge in [-0.2, -0.15) is 0 Å². The molecule has 0 saturated heterocycles. The third-order valence-electron chi connectivity index (χ3n) is 2.72. The molecule has 0 radical (unpaired) electrons. The van der Waals surface area contributed by atoms with E-state index in [0.29, 0.717) is 6.61 Å². The van der Waals surface area contributed by atoms with Crippen LogP contribution in [0, 0.1) is 0 Å². The Kier molecular flexibility index (Phi) is 5.84. The molecule has 2 rings (SSSR count). The van der Waals surface area contributed by atoms with Gasteiger partial charge in [-0.1, -0.05) is 40.2 Å². The third-order valence-corrected chi connectivity index (χ3v) is 4.36. The van der Waals surface area contributed by atoms with E-state index in [-0.39, 0.29) is 6.42 Å². The standard InChI is InChI=1S/C15H11Br3O3/c16-11-6-12(17)15(13(18)7-11)21-8-10-3-1-9(2-4-10)5-14(19)20/h1-4,6-7H,5,8H2,(H,19,20). The van der Waals surface area contributed by atoms with Gasteiger partial charge in [0.15, 0.2) is 0 Å². The van der Waals surface area contributed by atoms with Gasteiger partial charge >= 0.3 is 5.97 Å². The maximum Gasteiger partial charge on any atom is 0.307 e. The van der Waals surface area contributed by atoms with Gasteiger partial charge in [-0.15, -0.1) is 0 Å². The average molecular weight is 479 g/mol. The minimum absolute atomic E-state index is 0.0327. The van der Waals surface area contributed by atoms with Crippen molar-refractivity contribution >= 4 is 53.8 Å². The lowest BCUT2D eigenvalue weighted by Gasteiger charge is -2.11. The summed E-state index contributed by atoms with van der Waals surface area (Å²) in [6.07, 6.45) is 0.0327. The molecular formula is C15H11Br3O3. The zero-order valence-electron chi connectivity index (χ0n) is 10.8. The summed E-state index contributed by atoms with van der Waals surface area (Å²) in [5.41, 5.74) is 1.75. The number of aliphatic carboxylic acids is 1. The molecule has 2 aromatic carbocycles. The van der Waals surface area contributed by atoms with Gasteiger partial charge in [0.1, 0.15) is 12.4 Å². The molecule has 0 fully saturated rings. The van der Waals surface area contributed by atoms with Gasteiger partial charge in [-0.3, -0.25) is 4.79 Å². The minimum Gasteiger partial charge on any atom is -0.487 e. The van der Waals surface area contributed by atoms with Crippen LogP contribution >= 0.6 is 47.8 Å². The Balaban J connectivity index is 2.05. The Morgan fingerprint density at radius 3 is 2.05 bits per heavy atom. The van der Waals surface area contributed by atoms with Gasteiger partial charge < -0.3 is 9.84 Å². The number of carboxylic acids is 1. The van der Waals surface area contributed by atoms with Crippen LogP contribution in [0.2, 0.25) is 0 Å². The monoisotopic (exact) mass is 476 g/mol. The Hall–Kier alpha value is -0.850. The van der Waals surface area contributed by atoms with E-state index in [4.69, 9.17) is 9.84 Å². The average Bonchev–Trinajstić information content (AvgIpc) is 2.38. The number of hydrogen-bond acceptors (Lipinski definition) is 2. The zero-order chi connectivity index (χ0) is 15.4. The number of carboxylic acid groups (broad SMARTS) is 1. The highest BCUT2D eigenvalue weighted by Gasteiger charge is 2.08. The number of carbonyl (C=O) groups is 1. The summed E-state index contributed by atoms with van der Waals surface area (Å²) in [6.45, 7) is 0.409. The minimum atomic E-state index is -0.832. The summed E-state index contributed by atoms with van der Waals surface area (Å²) in [5.74, 6) is -0.102. The largest absolute Gasteiger partial charge is 0.487 e. The topological polar surface area (TPSA) is 46.5 Å². The smallest absolute Gasteiger partial charge is 0.307 e. The molecule has 110 valence electrons. The van der Waals surface area contributed by atoms with E-state index < -0.39 is 5.97 Å². The van der Waals surface area contributed by atoms with Gasteiger partial charge in [0.25, 0.3) is 0 Å². The molecule has 2 aromatic rings. The Morgan fingerprint density at radius 2 is 1.52 bits per heavy atom. The molecule has 0 aliphatic rings.